The molecule has 5 nitrogen and oxygen atoms in total. The summed E-state index contributed by atoms with van der Waals surface area (Å²) in [5.74, 6) is -0.437. The molecule has 0 aliphatic rings. The lowest BCUT2D eigenvalue weighted by Gasteiger charge is -2.04. The minimum atomic E-state index is -1.05. The van der Waals surface area contributed by atoms with E-state index in [1.807, 2.05) is 32.0 Å². The summed E-state index contributed by atoms with van der Waals surface area (Å²) in [5, 5.41) is 9.24. The SMILES string of the molecule is Cc1ccc(-c2nc(C(=O)O)c3cnccn23)cc1C. The number of carboxylic acid groups (broad SMARTS) is 1. The number of hydrogen-bond donors (Lipinski definition) is 1. The second kappa shape index (κ2) is 4.45. The second-order valence-electron chi connectivity index (χ2n) is 4.72. The Bertz CT molecular complexity index is 821. The third-order valence-corrected chi connectivity index (χ3v) is 3.41. The summed E-state index contributed by atoms with van der Waals surface area (Å²) in [4.78, 5) is 19.5. The van der Waals surface area contributed by atoms with Crippen LogP contribution in [0.1, 0.15) is 21.6 Å². The van der Waals surface area contributed by atoms with Crippen LogP contribution in [0.2, 0.25) is 0 Å². The van der Waals surface area contributed by atoms with Gasteiger partial charge in [0.05, 0.1) is 11.7 Å². The molecule has 2 heterocycles. The Morgan fingerprint density at radius 3 is 2.75 bits per heavy atom. The van der Waals surface area contributed by atoms with Crippen LogP contribution in [0.4, 0.5) is 0 Å². The fourth-order valence-corrected chi connectivity index (χ4v) is 2.18. The summed E-state index contributed by atoms with van der Waals surface area (Å²) in [7, 11) is 0. The highest BCUT2D eigenvalue weighted by molar-refractivity contribution is 5.94. The number of carboxylic acids is 1. The molecule has 0 saturated heterocycles. The first-order valence-corrected chi connectivity index (χ1v) is 6.21. The smallest absolute Gasteiger partial charge is 0.356 e. The van der Waals surface area contributed by atoms with Gasteiger partial charge in [-0.2, -0.15) is 0 Å². The van der Waals surface area contributed by atoms with Crippen molar-refractivity contribution in [2.24, 2.45) is 0 Å². The molecule has 0 fully saturated rings. The van der Waals surface area contributed by atoms with Crippen molar-refractivity contribution in [3.8, 4) is 11.4 Å². The van der Waals surface area contributed by atoms with E-state index in [1.165, 1.54) is 11.8 Å². The minimum absolute atomic E-state index is 0.0197. The van der Waals surface area contributed by atoms with Gasteiger partial charge in [0.25, 0.3) is 0 Å². The first kappa shape index (κ1) is 12.3. The van der Waals surface area contributed by atoms with Crippen LogP contribution in [0, 0.1) is 13.8 Å². The van der Waals surface area contributed by atoms with Crippen molar-refractivity contribution in [3.63, 3.8) is 0 Å². The zero-order chi connectivity index (χ0) is 14.3. The first-order chi connectivity index (χ1) is 9.58. The fraction of sp³-hybridized carbons (Fsp3) is 0.133. The Kier molecular flexibility index (Phi) is 2.75. The van der Waals surface area contributed by atoms with Crippen molar-refractivity contribution >= 4 is 11.5 Å². The van der Waals surface area contributed by atoms with E-state index in [-0.39, 0.29) is 5.69 Å². The predicted octanol–water partition coefficient (Wildman–Crippen LogP) is 2.71. The molecule has 0 radical (unpaired) electrons. The van der Waals surface area contributed by atoms with Crippen LogP contribution in [-0.2, 0) is 0 Å². The van der Waals surface area contributed by atoms with Gasteiger partial charge in [-0.3, -0.25) is 9.38 Å². The van der Waals surface area contributed by atoms with E-state index in [1.54, 1.807) is 16.8 Å². The number of fused-ring (bicyclic) bond motifs is 1. The summed E-state index contributed by atoms with van der Waals surface area (Å²) in [5.41, 5.74) is 3.74. The van der Waals surface area contributed by atoms with Crippen LogP contribution in [0.3, 0.4) is 0 Å². The molecule has 0 unspecified atom stereocenters. The van der Waals surface area contributed by atoms with Crippen LogP contribution >= 0.6 is 0 Å². The molecule has 0 aliphatic heterocycles. The van der Waals surface area contributed by atoms with E-state index < -0.39 is 5.97 Å². The zero-order valence-corrected chi connectivity index (χ0v) is 11.2. The summed E-state index contributed by atoms with van der Waals surface area (Å²) in [6.07, 6.45) is 4.85. The van der Waals surface area contributed by atoms with Crippen molar-refractivity contribution < 1.29 is 9.90 Å². The highest BCUT2D eigenvalue weighted by atomic mass is 16.4. The van der Waals surface area contributed by atoms with Gasteiger partial charge in [-0.1, -0.05) is 12.1 Å². The lowest BCUT2D eigenvalue weighted by atomic mass is 10.1. The number of benzene rings is 1. The average Bonchev–Trinajstić information content (AvgIpc) is 2.82. The fourth-order valence-electron chi connectivity index (χ4n) is 2.18. The molecule has 0 aliphatic carbocycles. The maximum atomic E-state index is 11.3. The van der Waals surface area contributed by atoms with Crippen molar-refractivity contribution in [1.29, 1.82) is 0 Å². The maximum absolute atomic E-state index is 11.3. The van der Waals surface area contributed by atoms with Crippen molar-refractivity contribution in [2.45, 2.75) is 13.8 Å². The number of imidazole rings is 1. The summed E-state index contributed by atoms with van der Waals surface area (Å²) in [6.45, 7) is 4.06. The van der Waals surface area contributed by atoms with Crippen molar-refractivity contribution in [2.75, 3.05) is 0 Å². The van der Waals surface area contributed by atoms with Gasteiger partial charge in [0.15, 0.2) is 5.69 Å². The van der Waals surface area contributed by atoms with Gasteiger partial charge < -0.3 is 5.11 Å². The van der Waals surface area contributed by atoms with Crippen molar-refractivity contribution in [3.05, 3.63) is 53.6 Å². The number of aromatic carboxylic acids is 1. The third kappa shape index (κ3) is 1.84. The lowest BCUT2D eigenvalue weighted by Crippen LogP contribution is -1.97. The number of aryl methyl sites for hydroxylation is 2. The Morgan fingerprint density at radius 1 is 1.25 bits per heavy atom. The molecule has 0 spiro atoms. The monoisotopic (exact) mass is 267 g/mol. The number of aromatic nitrogens is 3. The van der Waals surface area contributed by atoms with E-state index in [4.69, 9.17) is 0 Å². The quantitative estimate of drug-likeness (QED) is 0.775. The van der Waals surface area contributed by atoms with Crippen molar-refractivity contribution in [1.82, 2.24) is 14.4 Å². The van der Waals surface area contributed by atoms with Gasteiger partial charge in [0.1, 0.15) is 5.82 Å². The molecule has 0 amide bonds. The van der Waals surface area contributed by atoms with Gasteiger partial charge >= 0.3 is 5.97 Å². The Hall–Kier alpha value is -2.69. The predicted molar refractivity (Wildman–Crippen MR) is 74.9 cm³/mol. The van der Waals surface area contributed by atoms with Gasteiger partial charge in [0, 0.05) is 18.0 Å². The summed E-state index contributed by atoms with van der Waals surface area (Å²) in [6, 6.07) is 5.96. The van der Waals surface area contributed by atoms with Crippen LogP contribution in [0.25, 0.3) is 16.9 Å². The molecule has 5 heteroatoms. The lowest BCUT2D eigenvalue weighted by molar-refractivity contribution is 0.0693. The number of hydrogen-bond acceptors (Lipinski definition) is 3. The molecular weight excluding hydrogens is 254 g/mol. The second-order valence-corrected chi connectivity index (χ2v) is 4.72. The van der Waals surface area contributed by atoms with Crippen LogP contribution in [-0.4, -0.2) is 25.4 Å². The largest absolute Gasteiger partial charge is 0.476 e. The van der Waals surface area contributed by atoms with Crippen LogP contribution < -0.4 is 0 Å². The molecule has 3 aromatic rings. The molecule has 1 aromatic carbocycles. The van der Waals surface area contributed by atoms with Crippen LogP contribution in [0.15, 0.2) is 36.8 Å². The zero-order valence-electron chi connectivity index (χ0n) is 11.2. The Morgan fingerprint density at radius 2 is 2.05 bits per heavy atom. The van der Waals surface area contributed by atoms with E-state index >= 15 is 0 Å². The standard InChI is InChI=1S/C15H13N3O2/c1-9-3-4-11(7-10(9)2)14-17-13(15(19)20)12-8-16-5-6-18(12)14/h3-8H,1-2H3,(H,19,20). The maximum Gasteiger partial charge on any atom is 0.356 e. The number of carbonyl (C=O) groups is 1. The van der Waals surface area contributed by atoms with Gasteiger partial charge in [0.2, 0.25) is 0 Å². The molecule has 3 rings (SSSR count). The highest BCUT2D eigenvalue weighted by Crippen LogP contribution is 2.24. The van der Waals surface area contributed by atoms with E-state index in [0.29, 0.717) is 11.3 Å². The molecule has 2 aromatic heterocycles. The molecule has 0 saturated carbocycles. The first-order valence-electron chi connectivity index (χ1n) is 6.21. The van der Waals surface area contributed by atoms with E-state index in [9.17, 15) is 9.90 Å². The summed E-state index contributed by atoms with van der Waals surface area (Å²) < 4.78 is 1.75. The third-order valence-electron chi connectivity index (χ3n) is 3.41. The average molecular weight is 267 g/mol. The van der Waals surface area contributed by atoms with Crippen LogP contribution in [0.5, 0.6) is 0 Å². The molecule has 1 N–H and O–H groups in total. The molecule has 0 atom stereocenters. The molecular formula is C15H13N3O2. The summed E-state index contributed by atoms with van der Waals surface area (Å²) >= 11 is 0. The van der Waals surface area contributed by atoms with Gasteiger partial charge in [-0.15, -0.1) is 0 Å². The Labute approximate surface area is 115 Å². The number of rotatable bonds is 2. The minimum Gasteiger partial charge on any atom is -0.476 e. The van der Waals surface area contributed by atoms with E-state index in [2.05, 4.69) is 9.97 Å². The topological polar surface area (TPSA) is 67.5 Å². The normalized spacial score (nSPS) is 10.9. The van der Waals surface area contributed by atoms with E-state index in [0.717, 1.165) is 11.1 Å². The number of nitrogens with zero attached hydrogens (tertiary/aromatic N) is 3. The molecule has 0 bridgehead atoms. The van der Waals surface area contributed by atoms with Gasteiger partial charge in [-0.05, 0) is 31.0 Å². The Balaban J connectivity index is 2.31. The van der Waals surface area contributed by atoms with Gasteiger partial charge in [-0.25, -0.2) is 9.78 Å². The molecule has 20 heavy (non-hydrogen) atoms. The molecule has 100 valence electrons. The highest BCUT2D eigenvalue weighted by Gasteiger charge is 2.17.